The highest BCUT2D eigenvalue weighted by molar-refractivity contribution is 7.46. The van der Waals surface area contributed by atoms with Crippen molar-refractivity contribution in [1.29, 1.82) is 0 Å². The number of esters is 4. The Hall–Kier alpha value is -3.35. The molecule has 0 aliphatic carbocycles. The minimum Gasteiger partial charge on any atom is -0.462 e. The molecule has 2 fully saturated rings. The zero-order chi connectivity index (χ0) is 60.3. The van der Waals surface area contributed by atoms with Crippen molar-refractivity contribution in [3.8, 4) is 0 Å². The van der Waals surface area contributed by atoms with E-state index in [0.717, 1.165) is 64.2 Å². The largest absolute Gasteiger partial charge is 0.470 e. The van der Waals surface area contributed by atoms with Crippen molar-refractivity contribution >= 4 is 43.5 Å². The van der Waals surface area contributed by atoms with Gasteiger partial charge in [0.05, 0.1) is 38.6 Å². The number of phosphoric ester groups is 1. The molecule has 14 atom stereocenters. The lowest BCUT2D eigenvalue weighted by Crippen LogP contribution is -2.68. The highest BCUT2D eigenvalue weighted by Gasteiger charge is 2.54. The van der Waals surface area contributed by atoms with E-state index in [1.54, 1.807) is 20.8 Å². The SMILES string of the molecule is CCCCCCCCCCC[C@@H](O)CC(=O)O[C@@H]1C(NC(=O)C[C@H](C)CC)C(O)OC(CO[C@@H]2OC(CO)[C@@H](OP(=O)(O)O)[C@H](OC(=O)C[C@@H](CCCCCCCCCCC)OC(=O)CC)C2NC(=O)C[C@@H](CC)OC(=O)CC)[C@H]1O. The summed E-state index contributed by atoms with van der Waals surface area (Å²) in [6, 6.07) is -3.31. The van der Waals surface area contributed by atoms with Crippen LogP contribution in [-0.2, 0) is 71.0 Å². The predicted molar refractivity (Wildman–Crippen MR) is 297 cm³/mol. The summed E-state index contributed by atoms with van der Waals surface area (Å²) in [7, 11) is -5.53. The van der Waals surface area contributed by atoms with Crippen LogP contribution < -0.4 is 10.6 Å². The molecule has 0 bridgehead atoms. The highest BCUT2D eigenvalue weighted by Crippen LogP contribution is 2.42. The Morgan fingerprint density at radius 3 is 1.57 bits per heavy atom. The van der Waals surface area contributed by atoms with Gasteiger partial charge in [-0.3, -0.25) is 33.3 Å². The van der Waals surface area contributed by atoms with E-state index in [4.69, 9.17) is 37.7 Å². The Bertz CT molecular complexity index is 1840. The maximum atomic E-state index is 14.1. The third-order valence-electron chi connectivity index (χ3n) is 14.7. The molecular formula is C57H103N2O21P. The van der Waals surface area contributed by atoms with E-state index >= 15 is 0 Å². The lowest BCUT2D eigenvalue weighted by atomic mass is 9.95. The fraction of sp³-hybridized carbons (Fsp3) is 0.895. The topological polar surface area (TPSA) is 339 Å². The van der Waals surface area contributed by atoms with Crippen molar-refractivity contribution in [1.82, 2.24) is 10.6 Å². The number of hydrogen-bond acceptors (Lipinski definition) is 19. The minimum absolute atomic E-state index is 0.00344. The maximum absolute atomic E-state index is 14.1. The third-order valence-corrected chi connectivity index (χ3v) is 15.3. The zero-order valence-electron chi connectivity index (χ0n) is 49.6. The van der Waals surface area contributed by atoms with E-state index in [9.17, 15) is 63.5 Å². The molecule has 0 saturated carbocycles. The van der Waals surface area contributed by atoms with Crippen molar-refractivity contribution in [2.45, 2.75) is 308 Å². The molecule has 2 rings (SSSR count). The standard InChI is InChI=1S/C57H103N2O21P/c1-8-14-16-18-20-22-24-26-28-30-39(61)33-48(66)78-54-50(58-44(62)32-38(7)10-3)56(69)76-43(52(54)68)37-73-57-51(59-45(63)34-40(11-4)74-46(64)12-5)55(53(42(36-60)77-57)80-81(70,71)72)79-49(67)35-41(75-47(65)13-6)31-29-27-25-23-21-19-17-15-9-2/h38-43,50-57,60-61,68-69H,8-37H2,1-7H3,(H,58,62)(H,59,63)(H2,70,71,72)/t38-,39-,40-,41-,42?,43?,50?,51?,52-,53-,54-,55-,56?,57-/m1/s1. The summed E-state index contributed by atoms with van der Waals surface area (Å²) in [6.45, 7) is 11.0. The summed E-state index contributed by atoms with van der Waals surface area (Å²) >= 11 is 0. The van der Waals surface area contributed by atoms with Gasteiger partial charge in [-0.1, -0.05) is 164 Å². The Morgan fingerprint density at radius 2 is 1.05 bits per heavy atom. The molecule has 5 unspecified atom stereocenters. The maximum Gasteiger partial charge on any atom is 0.470 e. The van der Waals surface area contributed by atoms with Crippen LogP contribution >= 0.6 is 7.82 Å². The van der Waals surface area contributed by atoms with Crippen molar-refractivity contribution < 1.29 is 101 Å². The van der Waals surface area contributed by atoms with E-state index in [0.29, 0.717) is 25.7 Å². The monoisotopic (exact) mass is 1180 g/mol. The quantitative estimate of drug-likeness (QED) is 0.0133. The summed E-state index contributed by atoms with van der Waals surface area (Å²) < 4.78 is 58.4. The van der Waals surface area contributed by atoms with E-state index < -0.39 is 156 Å². The smallest absolute Gasteiger partial charge is 0.462 e. The molecule has 0 aromatic carbocycles. The number of aliphatic hydroxyl groups excluding tert-OH is 4. The molecule has 2 heterocycles. The van der Waals surface area contributed by atoms with Crippen molar-refractivity contribution in [3.05, 3.63) is 0 Å². The van der Waals surface area contributed by atoms with E-state index in [1.807, 2.05) is 13.8 Å². The molecular weight excluding hydrogens is 1080 g/mol. The summed E-state index contributed by atoms with van der Waals surface area (Å²) in [5.74, 6) is -4.71. The Labute approximate surface area is 480 Å². The Morgan fingerprint density at radius 1 is 0.556 bits per heavy atom. The number of rotatable bonds is 44. The fourth-order valence-electron chi connectivity index (χ4n) is 9.75. The second-order valence-electron chi connectivity index (χ2n) is 21.8. The van der Waals surface area contributed by atoms with Crippen LogP contribution in [0.4, 0.5) is 0 Å². The Balaban J connectivity index is 2.51. The molecule has 0 aromatic rings. The van der Waals surface area contributed by atoms with Crippen LogP contribution in [0.5, 0.6) is 0 Å². The molecule has 2 aliphatic heterocycles. The zero-order valence-corrected chi connectivity index (χ0v) is 50.4. The molecule has 472 valence electrons. The van der Waals surface area contributed by atoms with Gasteiger partial charge >= 0.3 is 31.7 Å². The van der Waals surface area contributed by atoms with Crippen LogP contribution in [-0.4, -0.2) is 159 Å². The number of nitrogens with one attached hydrogen (secondary N) is 2. The number of carbonyl (C=O) groups excluding carboxylic acids is 6. The van der Waals surface area contributed by atoms with Crippen molar-refractivity contribution in [3.63, 3.8) is 0 Å². The van der Waals surface area contributed by atoms with Crippen LogP contribution in [0.3, 0.4) is 0 Å². The number of carbonyl (C=O) groups is 6. The molecule has 2 amide bonds. The predicted octanol–water partition coefficient (Wildman–Crippen LogP) is 6.93. The second-order valence-corrected chi connectivity index (χ2v) is 23.0. The van der Waals surface area contributed by atoms with Gasteiger partial charge in [0, 0.05) is 19.3 Å². The molecule has 24 heteroatoms. The van der Waals surface area contributed by atoms with Gasteiger partial charge < -0.3 is 74.0 Å². The lowest BCUT2D eigenvalue weighted by Gasteiger charge is -2.46. The van der Waals surface area contributed by atoms with Crippen LogP contribution in [0, 0.1) is 5.92 Å². The normalized spacial score (nSPS) is 24.5. The number of amides is 2. The molecule has 8 N–H and O–H groups in total. The number of ether oxygens (including phenoxy) is 7. The molecule has 2 saturated heterocycles. The minimum atomic E-state index is -5.53. The number of aliphatic hydroxyl groups is 4. The molecule has 0 aromatic heterocycles. The highest BCUT2D eigenvalue weighted by atomic mass is 31.2. The molecule has 0 spiro atoms. The molecule has 81 heavy (non-hydrogen) atoms. The van der Waals surface area contributed by atoms with Gasteiger partial charge in [0.1, 0.15) is 48.7 Å². The van der Waals surface area contributed by atoms with Gasteiger partial charge in [-0.25, -0.2) is 4.57 Å². The van der Waals surface area contributed by atoms with Crippen LogP contribution in [0.25, 0.3) is 0 Å². The van der Waals surface area contributed by atoms with E-state index in [1.165, 1.54) is 38.5 Å². The van der Waals surface area contributed by atoms with Gasteiger partial charge in [-0.05, 0) is 31.6 Å². The second kappa shape index (κ2) is 41.6. The summed E-state index contributed by atoms with van der Waals surface area (Å²) in [5.41, 5.74) is 0. The Kier molecular flexibility index (Phi) is 37.9. The molecule has 2 aliphatic rings. The average Bonchev–Trinajstić information content (AvgIpc) is 3.57. The van der Waals surface area contributed by atoms with Gasteiger partial charge in [0.15, 0.2) is 24.8 Å². The first-order valence-corrected chi connectivity index (χ1v) is 31.8. The lowest BCUT2D eigenvalue weighted by molar-refractivity contribution is -0.298. The summed E-state index contributed by atoms with van der Waals surface area (Å²) in [5, 5.41) is 50.1. The number of hydrogen-bond donors (Lipinski definition) is 8. The number of phosphoric acid groups is 1. The summed E-state index contributed by atoms with van der Waals surface area (Å²) in [6.07, 6.45) is 0.549. The number of unbranched alkanes of at least 4 members (excludes halogenated alkanes) is 16. The van der Waals surface area contributed by atoms with Gasteiger partial charge in [0.25, 0.3) is 0 Å². The van der Waals surface area contributed by atoms with E-state index in [-0.39, 0.29) is 38.0 Å². The van der Waals surface area contributed by atoms with Gasteiger partial charge in [-0.2, -0.15) is 0 Å². The molecule has 0 radical (unpaired) electrons. The van der Waals surface area contributed by atoms with E-state index in [2.05, 4.69) is 24.5 Å². The first kappa shape index (κ1) is 73.8. The van der Waals surface area contributed by atoms with Crippen LogP contribution in [0.15, 0.2) is 0 Å². The van der Waals surface area contributed by atoms with Gasteiger partial charge in [0.2, 0.25) is 11.8 Å². The molecule has 23 nitrogen and oxygen atoms in total. The van der Waals surface area contributed by atoms with Crippen LogP contribution in [0.1, 0.15) is 228 Å². The average molecular weight is 1180 g/mol. The van der Waals surface area contributed by atoms with Gasteiger partial charge in [-0.15, -0.1) is 0 Å². The third kappa shape index (κ3) is 30.3. The van der Waals surface area contributed by atoms with Crippen molar-refractivity contribution in [2.24, 2.45) is 5.92 Å². The van der Waals surface area contributed by atoms with Crippen molar-refractivity contribution in [2.75, 3.05) is 13.2 Å². The van der Waals surface area contributed by atoms with Crippen LogP contribution in [0.2, 0.25) is 0 Å². The summed E-state index contributed by atoms with van der Waals surface area (Å²) in [4.78, 5) is 100. The fourth-order valence-corrected chi connectivity index (χ4v) is 10.3. The first-order chi connectivity index (χ1) is 38.6. The first-order valence-electron chi connectivity index (χ1n) is 30.3.